The number of hydrogen-bond acceptors (Lipinski definition) is 2. The van der Waals surface area contributed by atoms with Crippen LogP contribution in [0.25, 0.3) is 0 Å². The van der Waals surface area contributed by atoms with E-state index in [9.17, 15) is 0 Å². The predicted molar refractivity (Wildman–Crippen MR) is 70.4 cm³/mol. The smallest absolute Gasteiger partial charge is 0.173 e. The zero-order valence-corrected chi connectivity index (χ0v) is 10.3. The summed E-state index contributed by atoms with van der Waals surface area (Å²) in [5.41, 5.74) is 2.48. The van der Waals surface area contributed by atoms with Crippen molar-refractivity contribution in [1.82, 2.24) is 0 Å². The molecule has 0 saturated carbocycles. The van der Waals surface area contributed by atoms with Crippen LogP contribution in [0.15, 0.2) is 54.9 Å². The molecule has 2 heterocycles. The van der Waals surface area contributed by atoms with E-state index in [4.69, 9.17) is 4.74 Å². The molecule has 1 fully saturated rings. The Morgan fingerprint density at radius 1 is 1.06 bits per heavy atom. The number of anilines is 1. The number of aromatic nitrogens is 1. The van der Waals surface area contributed by atoms with Gasteiger partial charge in [-0.1, -0.05) is 30.3 Å². The highest BCUT2D eigenvalue weighted by molar-refractivity contribution is 5.41. The van der Waals surface area contributed by atoms with Crippen LogP contribution < -0.4 is 9.88 Å². The van der Waals surface area contributed by atoms with E-state index in [2.05, 4.69) is 58.7 Å². The van der Waals surface area contributed by atoms with E-state index in [1.807, 2.05) is 6.07 Å². The number of nitrogens with one attached hydrogen (secondary N) is 1. The summed E-state index contributed by atoms with van der Waals surface area (Å²) >= 11 is 0. The van der Waals surface area contributed by atoms with Gasteiger partial charge in [0.15, 0.2) is 18.9 Å². The quantitative estimate of drug-likeness (QED) is 0.826. The van der Waals surface area contributed by atoms with Crippen molar-refractivity contribution >= 4 is 5.69 Å². The van der Waals surface area contributed by atoms with Crippen LogP contribution in [0.3, 0.4) is 0 Å². The average molecular weight is 241 g/mol. The summed E-state index contributed by atoms with van der Waals surface area (Å²) in [7, 11) is 0. The van der Waals surface area contributed by atoms with Gasteiger partial charge < -0.3 is 10.1 Å². The minimum Gasteiger partial charge on any atom is -0.377 e. The lowest BCUT2D eigenvalue weighted by molar-refractivity contribution is -0.688. The van der Waals surface area contributed by atoms with E-state index < -0.39 is 0 Å². The van der Waals surface area contributed by atoms with Gasteiger partial charge in [0.1, 0.15) is 0 Å². The second-order valence-corrected chi connectivity index (χ2v) is 4.62. The van der Waals surface area contributed by atoms with E-state index in [1.165, 1.54) is 5.56 Å². The maximum atomic E-state index is 5.14. The van der Waals surface area contributed by atoms with Crippen molar-refractivity contribution < 1.29 is 9.30 Å². The minimum atomic E-state index is 0.481. The number of rotatable bonds is 4. The van der Waals surface area contributed by atoms with Gasteiger partial charge in [-0.05, 0) is 0 Å². The summed E-state index contributed by atoms with van der Waals surface area (Å²) in [6.45, 7) is 2.55. The molecular weight excluding hydrogens is 224 g/mol. The van der Waals surface area contributed by atoms with Crippen LogP contribution in [-0.4, -0.2) is 19.3 Å². The first-order chi connectivity index (χ1) is 8.90. The van der Waals surface area contributed by atoms with Gasteiger partial charge in [-0.3, -0.25) is 0 Å². The molecule has 1 aromatic heterocycles. The molecule has 0 aliphatic carbocycles. The van der Waals surface area contributed by atoms with Gasteiger partial charge in [-0.15, -0.1) is 0 Å². The van der Waals surface area contributed by atoms with Crippen LogP contribution in [0.5, 0.6) is 0 Å². The molecule has 0 spiro atoms. The minimum absolute atomic E-state index is 0.481. The topological polar surface area (TPSA) is 25.1 Å². The Morgan fingerprint density at radius 3 is 2.39 bits per heavy atom. The summed E-state index contributed by atoms with van der Waals surface area (Å²) < 4.78 is 7.32. The van der Waals surface area contributed by atoms with Crippen LogP contribution in [0.2, 0.25) is 0 Å². The first kappa shape index (κ1) is 11.2. The number of benzene rings is 1. The van der Waals surface area contributed by atoms with Gasteiger partial charge in [0, 0.05) is 23.4 Å². The molecule has 3 nitrogen and oxygen atoms in total. The fraction of sp³-hybridized carbons (Fsp3) is 0.267. The van der Waals surface area contributed by atoms with Crippen LogP contribution in [0.4, 0.5) is 5.69 Å². The molecule has 1 aliphatic rings. The highest BCUT2D eigenvalue weighted by Gasteiger charge is 2.17. The Morgan fingerprint density at radius 2 is 1.78 bits per heavy atom. The third kappa shape index (κ3) is 2.68. The second kappa shape index (κ2) is 5.19. The van der Waals surface area contributed by atoms with E-state index in [0.717, 1.165) is 25.4 Å². The van der Waals surface area contributed by atoms with Crippen molar-refractivity contribution in [2.45, 2.75) is 12.6 Å². The normalized spacial score (nSPS) is 15.1. The lowest BCUT2D eigenvalue weighted by Crippen LogP contribution is -2.40. The van der Waals surface area contributed by atoms with Crippen LogP contribution in [0, 0.1) is 0 Å². The molecular formula is C15H17N2O+. The van der Waals surface area contributed by atoms with E-state index in [-0.39, 0.29) is 0 Å². The molecule has 2 aromatic rings. The molecule has 1 saturated heterocycles. The highest BCUT2D eigenvalue weighted by atomic mass is 16.5. The molecule has 18 heavy (non-hydrogen) atoms. The highest BCUT2D eigenvalue weighted by Crippen LogP contribution is 2.10. The van der Waals surface area contributed by atoms with Gasteiger partial charge in [-0.2, -0.15) is 0 Å². The average Bonchev–Trinajstić information content (AvgIpc) is 2.37. The Hall–Kier alpha value is -1.87. The second-order valence-electron chi connectivity index (χ2n) is 4.62. The molecule has 1 aromatic carbocycles. The molecule has 92 valence electrons. The fourth-order valence-electron chi connectivity index (χ4n) is 2.01. The van der Waals surface area contributed by atoms with Crippen molar-refractivity contribution in [2.75, 3.05) is 18.5 Å². The Kier molecular flexibility index (Phi) is 3.24. The summed E-state index contributed by atoms with van der Waals surface area (Å²) in [6.07, 6.45) is 4.21. The molecule has 0 amide bonds. The third-order valence-corrected chi connectivity index (χ3v) is 3.11. The van der Waals surface area contributed by atoms with Gasteiger partial charge in [0.25, 0.3) is 0 Å². The number of nitrogens with zero attached hydrogens (tertiary/aromatic N) is 1. The first-order valence-electron chi connectivity index (χ1n) is 6.27. The monoisotopic (exact) mass is 241 g/mol. The fourth-order valence-corrected chi connectivity index (χ4v) is 2.01. The van der Waals surface area contributed by atoms with Crippen LogP contribution >= 0.6 is 0 Å². The number of hydrogen-bond donors (Lipinski definition) is 1. The summed E-state index contributed by atoms with van der Waals surface area (Å²) in [4.78, 5) is 0. The molecule has 0 atom stereocenters. The molecule has 0 bridgehead atoms. The molecule has 0 radical (unpaired) electrons. The summed E-state index contributed by atoms with van der Waals surface area (Å²) in [5, 5.41) is 3.43. The molecule has 1 N–H and O–H groups in total. The lowest BCUT2D eigenvalue weighted by Gasteiger charge is -2.27. The Bertz CT molecular complexity index is 492. The maximum absolute atomic E-state index is 5.14. The van der Waals surface area contributed by atoms with Crippen LogP contribution in [0.1, 0.15) is 5.56 Å². The van der Waals surface area contributed by atoms with Gasteiger partial charge in [0.2, 0.25) is 0 Å². The largest absolute Gasteiger partial charge is 0.377 e. The Balaban J connectivity index is 1.63. The SMILES string of the molecule is c1ccc(C[n+]2ccc(NC3COC3)cc2)cc1. The first-order valence-corrected chi connectivity index (χ1v) is 6.27. The van der Waals surface area contributed by atoms with E-state index in [0.29, 0.717) is 6.04 Å². The zero-order chi connectivity index (χ0) is 12.2. The molecule has 0 unspecified atom stereocenters. The molecule has 3 rings (SSSR count). The number of pyridine rings is 1. The van der Waals surface area contributed by atoms with Gasteiger partial charge in [0.05, 0.1) is 19.3 Å². The third-order valence-electron chi connectivity index (χ3n) is 3.11. The van der Waals surface area contributed by atoms with Crippen molar-refractivity contribution in [3.8, 4) is 0 Å². The van der Waals surface area contributed by atoms with Crippen LogP contribution in [-0.2, 0) is 11.3 Å². The van der Waals surface area contributed by atoms with E-state index in [1.54, 1.807) is 0 Å². The predicted octanol–water partition coefficient (Wildman–Crippen LogP) is 1.83. The lowest BCUT2D eigenvalue weighted by atomic mass is 10.2. The summed E-state index contributed by atoms with van der Waals surface area (Å²) in [6, 6.07) is 15.2. The van der Waals surface area contributed by atoms with Crippen molar-refractivity contribution in [3.05, 3.63) is 60.4 Å². The van der Waals surface area contributed by atoms with Gasteiger partial charge in [-0.25, -0.2) is 4.57 Å². The molecule has 3 heteroatoms. The van der Waals surface area contributed by atoms with E-state index >= 15 is 0 Å². The maximum Gasteiger partial charge on any atom is 0.173 e. The Labute approximate surface area is 107 Å². The summed E-state index contributed by atoms with van der Waals surface area (Å²) in [5.74, 6) is 0. The van der Waals surface area contributed by atoms with Crippen molar-refractivity contribution in [3.63, 3.8) is 0 Å². The van der Waals surface area contributed by atoms with Crippen molar-refractivity contribution in [2.24, 2.45) is 0 Å². The standard InChI is InChI=1S/C15H16N2O/c1-2-4-13(5-3-1)10-17-8-6-14(7-9-17)16-15-11-18-12-15/h1-9,15H,10-12H2/p+1. The van der Waals surface area contributed by atoms with Crippen molar-refractivity contribution in [1.29, 1.82) is 0 Å². The van der Waals surface area contributed by atoms with Gasteiger partial charge >= 0.3 is 0 Å². The number of ether oxygens (including phenoxy) is 1. The zero-order valence-electron chi connectivity index (χ0n) is 10.3. The molecule has 1 aliphatic heterocycles.